The predicted octanol–water partition coefficient (Wildman–Crippen LogP) is 3.10. The lowest BCUT2D eigenvalue weighted by atomic mass is 10.1. The number of nitrogens with zero attached hydrogens (tertiary/aromatic N) is 4. The quantitative estimate of drug-likeness (QED) is 0.532. The molecule has 3 rings (SSSR count). The van der Waals surface area contributed by atoms with Crippen molar-refractivity contribution in [2.24, 2.45) is 7.05 Å². The molecule has 14 heteroatoms. The summed E-state index contributed by atoms with van der Waals surface area (Å²) in [6.45, 7) is -1.39. The molecule has 1 aromatic carbocycles. The minimum absolute atomic E-state index is 0.0418. The van der Waals surface area contributed by atoms with Gasteiger partial charge in [-0.3, -0.25) is 9.48 Å². The SMILES string of the molecule is Cn1cc(-c2nc(C(=O)N[C@H](CO)C(F)(F)F)cc(-c3ccc(OC(F)(F)F)cc3)n2)cn1. The van der Waals surface area contributed by atoms with Gasteiger partial charge in [0.05, 0.1) is 24.1 Å². The van der Waals surface area contributed by atoms with E-state index in [1.807, 2.05) is 0 Å². The molecule has 0 fully saturated rings. The number of aliphatic hydroxyl groups excluding tert-OH is 1. The van der Waals surface area contributed by atoms with Gasteiger partial charge in [0.25, 0.3) is 5.91 Å². The van der Waals surface area contributed by atoms with Crippen molar-refractivity contribution in [3.05, 3.63) is 48.4 Å². The molecule has 176 valence electrons. The van der Waals surface area contributed by atoms with Crippen LogP contribution in [0.25, 0.3) is 22.6 Å². The molecule has 0 aliphatic heterocycles. The van der Waals surface area contributed by atoms with Crippen molar-refractivity contribution < 1.29 is 41.0 Å². The Kier molecular flexibility index (Phi) is 6.58. The maximum absolute atomic E-state index is 12.9. The fourth-order valence-electron chi connectivity index (χ4n) is 2.67. The predicted molar refractivity (Wildman–Crippen MR) is 101 cm³/mol. The highest BCUT2D eigenvalue weighted by molar-refractivity contribution is 5.94. The minimum Gasteiger partial charge on any atom is -0.406 e. The fraction of sp³-hybridized carbons (Fsp3) is 0.263. The molecule has 0 radical (unpaired) electrons. The van der Waals surface area contributed by atoms with Crippen molar-refractivity contribution in [3.8, 4) is 28.4 Å². The molecule has 0 spiro atoms. The van der Waals surface area contributed by atoms with Gasteiger partial charge >= 0.3 is 12.5 Å². The highest BCUT2D eigenvalue weighted by Crippen LogP contribution is 2.27. The number of halogens is 6. The summed E-state index contributed by atoms with van der Waals surface area (Å²) in [5, 5.41) is 14.6. The molecule has 0 bridgehead atoms. The Balaban J connectivity index is 2.01. The Morgan fingerprint density at radius 3 is 2.30 bits per heavy atom. The van der Waals surface area contributed by atoms with Gasteiger partial charge in [-0.25, -0.2) is 9.97 Å². The standard InChI is InChI=1S/C19H15F6N5O3/c1-30-8-11(7-26-30)16-27-13(10-2-4-12(5-3-10)33-19(23,24)25)6-14(28-16)17(32)29-15(9-31)18(20,21)22/h2-8,15,31H,9H2,1H3,(H,29,32)/t15-/m1/s1. The number of aryl methyl sites for hydroxylation is 1. The van der Waals surface area contributed by atoms with Gasteiger partial charge in [0.1, 0.15) is 17.5 Å². The number of aliphatic hydroxyl groups is 1. The summed E-state index contributed by atoms with van der Waals surface area (Å²) >= 11 is 0. The number of amides is 1. The number of hydrogen-bond donors (Lipinski definition) is 2. The first-order valence-corrected chi connectivity index (χ1v) is 9.08. The topological polar surface area (TPSA) is 102 Å². The first-order valence-electron chi connectivity index (χ1n) is 9.08. The zero-order valence-corrected chi connectivity index (χ0v) is 16.6. The Morgan fingerprint density at radius 2 is 1.79 bits per heavy atom. The van der Waals surface area contributed by atoms with Crippen LogP contribution in [0.4, 0.5) is 26.3 Å². The second kappa shape index (κ2) is 9.05. The highest BCUT2D eigenvalue weighted by Gasteiger charge is 2.40. The molecule has 0 saturated heterocycles. The van der Waals surface area contributed by atoms with E-state index in [1.165, 1.54) is 29.2 Å². The van der Waals surface area contributed by atoms with Crippen molar-refractivity contribution in [2.45, 2.75) is 18.6 Å². The maximum atomic E-state index is 12.9. The molecule has 33 heavy (non-hydrogen) atoms. The van der Waals surface area contributed by atoms with Crippen LogP contribution in [0.2, 0.25) is 0 Å². The van der Waals surface area contributed by atoms with Crippen LogP contribution in [0, 0.1) is 0 Å². The van der Waals surface area contributed by atoms with E-state index in [9.17, 15) is 31.1 Å². The van der Waals surface area contributed by atoms with Crippen molar-refractivity contribution >= 4 is 5.91 Å². The largest absolute Gasteiger partial charge is 0.573 e. The van der Waals surface area contributed by atoms with E-state index in [2.05, 4.69) is 19.8 Å². The molecule has 0 unspecified atom stereocenters. The zero-order chi connectivity index (χ0) is 24.4. The number of nitrogens with one attached hydrogen (secondary N) is 1. The van der Waals surface area contributed by atoms with Gasteiger partial charge in [0.15, 0.2) is 5.82 Å². The van der Waals surface area contributed by atoms with Gasteiger partial charge in [-0.2, -0.15) is 18.3 Å². The van der Waals surface area contributed by atoms with Crippen LogP contribution in [0.15, 0.2) is 42.7 Å². The Labute approximate surface area is 181 Å². The molecule has 0 saturated carbocycles. The molecule has 2 heterocycles. The summed E-state index contributed by atoms with van der Waals surface area (Å²) < 4.78 is 81.1. The Morgan fingerprint density at radius 1 is 1.12 bits per heavy atom. The third kappa shape index (κ3) is 6.19. The number of ether oxygens (including phenoxy) is 1. The second-order valence-corrected chi connectivity index (χ2v) is 6.69. The van der Waals surface area contributed by atoms with Crippen LogP contribution in [0.3, 0.4) is 0 Å². The number of carbonyl (C=O) groups is 1. The number of alkyl halides is 6. The van der Waals surface area contributed by atoms with E-state index in [4.69, 9.17) is 5.11 Å². The third-order valence-electron chi connectivity index (χ3n) is 4.19. The monoisotopic (exact) mass is 475 g/mol. The van der Waals surface area contributed by atoms with Crippen LogP contribution >= 0.6 is 0 Å². The number of benzene rings is 1. The van der Waals surface area contributed by atoms with Crippen LogP contribution in [-0.4, -0.2) is 55.9 Å². The van der Waals surface area contributed by atoms with Crippen LogP contribution < -0.4 is 10.1 Å². The molecule has 1 atom stereocenters. The van der Waals surface area contributed by atoms with Gasteiger partial charge in [0, 0.05) is 18.8 Å². The first kappa shape index (κ1) is 24.0. The van der Waals surface area contributed by atoms with E-state index < -0.39 is 42.5 Å². The van der Waals surface area contributed by atoms with Crippen molar-refractivity contribution in [2.75, 3.05) is 6.61 Å². The smallest absolute Gasteiger partial charge is 0.406 e. The lowest BCUT2D eigenvalue weighted by molar-refractivity contribution is -0.274. The van der Waals surface area contributed by atoms with E-state index in [0.29, 0.717) is 5.56 Å². The number of rotatable bonds is 6. The zero-order valence-electron chi connectivity index (χ0n) is 16.6. The molecule has 8 nitrogen and oxygen atoms in total. The highest BCUT2D eigenvalue weighted by atomic mass is 19.4. The van der Waals surface area contributed by atoms with E-state index in [-0.39, 0.29) is 17.1 Å². The normalized spacial score (nSPS) is 13.0. The maximum Gasteiger partial charge on any atom is 0.573 e. The van der Waals surface area contributed by atoms with E-state index in [1.54, 1.807) is 12.4 Å². The Bertz CT molecular complexity index is 1130. The summed E-state index contributed by atoms with van der Waals surface area (Å²) in [6.07, 6.45) is -6.95. The first-order chi connectivity index (χ1) is 15.4. The number of carbonyl (C=O) groups excluding carboxylic acids is 1. The molecule has 2 aromatic heterocycles. The average Bonchev–Trinajstić information content (AvgIpc) is 3.16. The molecule has 0 aliphatic rings. The lowest BCUT2D eigenvalue weighted by Gasteiger charge is -2.19. The van der Waals surface area contributed by atoms with E-state index >= 15 is 0 Å². The Hall–Kier alpha value is -3.68. The molecular formula is C19H15F6N5O3. The van der Waals surface area contributed by atoms with Gasteiger partial charge in [0.2, 0.25) is 0 Å². The van der Waals surface area contributed by atoms with Gasteiger partial charge in [-0.15, -0.1) is 13.2 Å². The summed E-state index contributed by atoms with van der Waals surface area (Å²) in [7, 11) is 1.59. The average molecular weight is 475 g/mol. The van der Waals surface area contributed by atoms with E-state index in [0.717, 1.165) is 18.2 Å². The van der Waals surface area contributed by atoms with Crippen LogP contribution in [0.1, 0.15) is 10.5 Å². The molecule has 3 aromatic rings. The molecule has 0 aliphatic carbocycles. The molecule has 2 N–H and O–H groups in total. The van der Waals surface area contributed by atoms with Gasteiger partial charge < -0.3 is 15.2 Å². The third-order valence-corrected chi connectivity index (χ3v) is 4.19. The van der Waals surface area contributed by atoms with Crippen molar-refractivity contribution in [3.63, 3.8) is 0 Å². The molecular weight excluding hydrogens is 460 g/mol. The lowest BCUT2D eigenvalue weighted by Crippen LogP contribution is -2.48. The summed E-state index contributed by atoms with van der Waals surface area (Å²) in [6, 6.07) is 3.03. The summed E-state index contributed by atoms with van der Waals surface area (Å²) in [5.41, 5.74) is 0.151. The summed E-state index contributed by atoms with van der Waals surface area (Å²) in [4.78, 5) is 20.7. The fourth-order valence-corrected chi connectivity index (χ4v) is 2.67. The van der Waals surface area contributed by atoms with Crippen molar-refractivity contribution in [1.29, 1.82) is 0 Å². The minimum atomic E-state index is -4.90. The van der Waals surface area contributed by atoms with Crippen molar-refractivity contribution in [1.82, 2.24) is 25.1 Å². The number of hydrogen-bond acceptors (Lipinski definition) is 6. The van der Waals surface area contributed by atoms with Crippen LogP contribution in [0.5, 0.6) is 5.75 Å². The van der Waals surface area contributed by atoms with Gasteiger partial charge in [-0.05, 0) is 30.3 Å². The molecule has 1 amide bonds. The number of aromatic nitrogens is 4. The van der Waals surface area contributed by atoms with Gasteiger partial charge in [-0.1, -0.05) is 0 Å². The second-order valence-electron chi connectivity index (χ2n) is 6.69. The summed E-state index contributed by atoms with van der Waals surface area (Å²) in [5.74, 6) is -1.80. The van der Waals surface area contributed by atoms with Crippen LogP contribution in [-0.2, 0) is 7.05 Å².